The molecule has 0 aliphatic carbocycles. The van der Waals surface area contributed by atoms with Gasteiger partial charge in [0.05, 0.1) is 18.2 Å². The maximum atomic E-state index is 12.5. The van der Waals surface area contributed by atoms with E-state index in [0.717, 1.165) is 12.0 Å². The second-order valence-electron chi connectivity index (χ2n) is 5.52. The third-order valence-corrected chi connectivity index (χ3v) is 3.71. The zero-order valence-electron chi connectivity index (χ0n) is 12.3. The van der Waals surface area contributed by atoms with E-state index in [1.807, 2.05) is 42.2 Å². The molecule has 3 atom stereocenters. The maximum Gasteiger partial charge on any atom is 0.240 e. The second-order valence-corrected chi connectivity index (χ2v) is 5.52. The van der Waals surface area contributed by atoms with Gasteiger partial charge in [0.1, 0.15) is 0 Å². The van der Waals surface area contributed by atoms with Crippen LogP contribution in [0.1, 0.15) is 25.8 Å². The average molecular weight is 276 g/mol. The molecule has 0 spiro atoms. The van der Waals surface area contributed by atoms with Gasteiger partial charge in [0.15, 0.2) is 0 Å². The largest absolute Gasteiger partial charge is 0.372 e. The minimum Gasteiger partial charge on any atom is -0.372 e. The zero-order valence-corrected chi connectivity index (χ0v) is 12.3. The van der Waals surface area contributed by atoms with E-state index in [-0.39, 0.29) is 18.1 Å². The van der Waals surface area contributed by atoms with Crippen molar-refractivity contribution in [2.24, 2.45) is 5.73 Å². The number of carbonyl (C=O) groups excluding carboxylic acids is 1. The summed E-state index contributed by atoms with van der Waals surface area (Å²) in [6.45, 7) is 5.38. The van der Waals surface area contributed by atoms with Crippen LogP contribution in [0.2, 0.25) is 0 Å². The molecule has 1 amide bonds. The smallest absolute Gasteiger partial charge is 0.240 e. The topological polar surface area (TPSA) is 55.6 Å². The van der Waals surface area contributed by atoms with Gasteiger partial charge in [-0.25, -0.2) is 0 Å². The molecular weight excluding hydrogens is 252 g/mol. The van der Waals surface area contributed by atoms with Crippen LogP contribution < -0.4 is 5.73 Å². The lowest BCUT2D eigenvalue weighted by atomic mass is 10.0. The molecule has 0 radical (unpaired) electrons. The van der Waals surface area contributed by atoms with Crippen LogP contribution in [0.5, 0.6) is 0 Å². The summed E-state index contributed by atoms with van der Waals surface area (Å²) >= 11 is 0. The summed E-state index contributed by atoms with van der Waals surface area (Å²) in [6, 6.07) is 9.44. The first-order valence-electron chi connectivity index (χ1n) is 7.34. The van der Waals surface area contributed by atoms with Crippen LogP contribution >= 0.6 is 0 Å². The van der Waals surface area contributed by atoms with Gasteiger partial charge in [-0.1, -0.05) is 37.3 Å². The monoisotopic (exact) mass is 276 g/mol. The Balaban J connectivity index is 1.95. The van der Waals surface area contributed by atoms with E-state index in [1.54, 1.807) is 0 Å². The molecule has 2 N–H and O–H groups in total. The number of morpholine rings is 1. The summed E-state index contributed by atoms with van der Waals surface area (Å²) in [5.74, 6) is 0.0300. The highest BCUT2D eigenvalue weighted by Crippen LogP contribution is 2.15. The van der Waals surface area contributed by atoms with E-state index in [1.165, 1.54) is 0 Å². The van der Waals surface area contributed by atoms with Crippen molar-refractivity contribution in [3.8, 4) is 0 Å². The van der Waals surface area contributed by atoms with Gasteiger partial charge in [0.2, 0.25) is 5.91 Å². The van der Waals surface area contributed by atoms with Gasteiger partial charge >= 0.3 is 0 Å². The van der Waals surface area contributed by atoms with Gasteiger partial charge in [0.25, 0.3) is 0 Å². The van der Waals surface area contributed by atoms with E-state index in [4.69, 9.17) is 10.5 Å². The number of nitrogens with zero attached hydrogens (tertiary/aromatic N) is 1. The standard InChI is InChI=1S/C16H24N2O2/c1-3-14-11-18(10-12(2)20-14)16(19)15(17)9-13-7-5-4-6-8-13/h4-8,12,14-15H,3,9-11,17H2,1-2H3/t12-,14+,15+/m0/s1. The fraction of sp³-hybridized carbons (Fsp3) is 0.562. The molecule has 1 aromatic carbocycles. The fourth-order valence-corrected chi connectivity index (χ4v) is 2.64. The number of benzene rings is 1. The minimum absolute atomic E-state index is 0.0300. The van der Waals surface area contributed by atoms with E-state index < -0.39 is 6.04 Å². The molecule has 1 aliphatic heterocycles. The normalized spacial score (nSPS) is 24.4. The molecule has 4 heteroatoms. The van der Waals surface area contributed by atoms with Gasteiger partial charge < -0.3 is 15.4 Å². The maximum absolute atomic E-state index is 12.5. The molecule has 0 saturated carbocycles. The molecule has 4 nitrogen and oxygen atoms in total. The third-order valence-electron chi connectivity index (χ3n) is 3.71. The Bertz CT molecular complexity index is 435. The molecular formula is C16H24N2O2. The number of ether oxygens (including phenoxy) is 1. The van der Waals surface area contributed by atoms with Gasteiger partial charge in [-0.2, -0.15) is 0 Å². The molecule has 1 saturated heterocycles. The Labute approximate surface area is 120 Å². The van der Waals surface area contributed by atoms with Crippen LogP contribution in [-0.4, -0.2) is 42.1 Å². The molecule has 20 heavy (non-hydrogen) atoms. The molecule has 2 rings (SSSR count). The van der Waals surface area contributed by atoms with Crippen molar-refractivity contribution in [2.75, 3.05) is 13.1 Å². The molecule has 1 fully saturated rings. The van der Waals surface area contributed by atoms with Gasteiger partial charge in [-0.15, -0.1) is 0 Å². The number of rotatable bonds is 4. The predicted molar refractivity (Wildman–Crippen MR) is 79.3 cm³/mol. The van der Waals surface area contributed by atoms with Gasteiger partial charge in [0, 0.05) is 13.1 Å². The van der Waals surface area contributed by atoms with Crippen LogP contribution in [0.15, 0.2) is 30.3 Å². The summed E-state index contributed by atoms with van der Waals surface area (Å²) < 4.78 is 5.78. The quantitative estimate of drug-likeness (QED) is 0.908. The number of hydrogen-bond donors (Lipinski definition) is 1. The molecule has 0 bridgehead atoms. The van der Waals surface area contributed by atoms with Crippen molar-refractivity contribution >= 4 is 5.91 Å². The highest BCUT2D eigenvalue weighted by atomic mass is 16.5. The SMILES string of the molecule is CC[C@@H]1CN(C(=O)[C@H](N)Cc2ccccc2)C[C@H](C)O1. The highest BCUT2D eigenvalue weighted by molar-refractivity contribution is 5.82. The first kappa shape index (κ1) is 15.0. The van der Waals surface area contributed by atoms with Crippen molar-refractivity contribution in [3.05, 3.63) is 35.9 Å². The summed E-state index contributed by atoms with van der Waals surface area (Å²) in [6.07, 6.45) is 1.72. The lowest BCUT2D eigenvalue weighted by Crippen LogP contribution is -2.54. The molecule has 1 aromatic rings. The van der Waals surface area contributed by atoms with E-state index in [0.29, 0.717) is 19.5 Å². The molecule has 1 heterocycles. The lowest BCUT2D eigenvalue weighted by molar-refractivity contribution is -0.145. The van der Waals surface area contributed by atoms with Crippen molar-refractivity contribution in [1.82, 2.24) is 4.90 Å². The first-order valence-corrected chi connectivity index (χ1v) is 7.34. The fourth-order valence-electron chi connectivity index (χ4n) is 2.64. The molecule has 1 aliphatic rings. The molecule has 0 unspecified atom stereocenters. The Morgan fingerprint density at radius 1 is 1.40 bits per heavy atom. The number of hydrogen-bond acceptors (Lipinski definition) is 3. The van der Waals surface area contributed by atoms with Crippen molar-refractivity contribution < 1.29 is 9.53 Å². The first-order chi connectivity index (χ1) is 9.60. The van der Waals surface area contributed by atoms with E-state index >= 15 is 0 Å². The van der Waals surface area contributed by atoms with Crippen molar-refractivity contribution in [1.29, 1.82) is 0 Å². The van der Waals surface area contributed by atoms with E-state index in [9.17, 15) is 4.79 Å². The highest BCUT2D eigenvalue weighted by Gasteiger charge is 2.30. The minimum atomic E-state index is -0.472. The Morgan fingerprint density at radius 2 is 2.10 bits per heavy atom. The predicted octanol–water partition coefficient (Wildman–Crippen LogP) is 1.58. The third kappa shape index (κ3) is 3.81. The summed E-state index contributed by atoms with van der Waals surface area (Å²) in [5.41, 5.74) is 7.18. The molecule has 110 valence electrons. The summed E-state index contributed by atoms with van der Waals surface area (Å²) in [4.78, 5) is 14.3. The van der Waals surface area contributed by atoms with Crippen molar-refractivity contribution in [3.63, 3.8) is 0 Å². The van der Waals surface area contributed by atoms with Crippen LogP contribution in [0.3, 0.4) is 0 Å². The van der Waals surface area contributed by atoms with Crippen LogP contribution in [-0.2, 0) is 16.0 Å². The summed E-state index contributed by atoms with van der Waals surface area (Å²) in [7, 11) is 0. The van der Waals surface area contributed by atoms with E-state index in [2.05, 4.69) is 6.92 Å². The van der Waals surface area contributed by atoms with Crippen molar-refractivity contribution in [2.45, 2.75) is 44.9 Å². The summed E-state index contributed by atoms with van der Waals surface area (Å²) in [5, 5.41) is 0. The van der Waals surface area contributed by atoms with Gasteiger partial charge in [-0.05, 0) is 25.3 Å². The van der Waals surface area contributed by atoms with Crippen LogP contribution in [0.4, 0.5) is 0 Å². The Hall–Kier alpha value is -1.39. The lowest BCUT2D eigenvalue weighted by Gasteiger charge is -2.37. The second kappa shape index (κ2) is 6.86. The number of nitrogens with two attached hydrogens (primary N) is 1. The number of carbonyl (C=O) groups is 1. The Morgan fingerprint density at radius 3 is 2.75 bits per heavy atom. The average Bonchev–Trinajstić information content (AvgIpc) is 2.46. The van der Waals surface area contributed by atoms with Crippen LogP contribution in [0.25, 0.3) is 0 Å². The Kier molecular flexibility index (Phi) is 5.15. The zero-order chi connectivity index (χ0) is 14.5. The number of amides is 1. The van der Waals surface area contributed by atoms with Crippen LogP contribution in [0, 0.1) is 0 Å². The molecule has 0 aromatic heterocycles. The van der Waals surface area contributed by atoms with Gasteiger partial charge in [-0.3, -0.25) is 4.79 Å².